The number of hydrogen-bond donors (Lipinski definition) is 1. The Balaban J connectivity index is 1.71. The monoisotopic (exact) mass is 402 g/mol. The van der Waals surface area contributed by atoms with Gasteiger partial charge in [0.05, 0.1) is 26.5 Å². The molecule has 0 saturated carbocycles. The highest BCUT2D eigenvalue weighted by molar-refractivity contribution is 5.94. The first kappa shape index (κ1) is 19.5. The summed E-state index contributed by atoms with van der Waals surface area (Å²) in [6.07, 6.45) is 1.56. The minimum absolute atomic E-state index is 0.149. The molecule has 0 radical (unpaired) electrons. The summed E-state index contributed by atoms with van der Waals surface area (Å²) in [5.74, 6) is 1.02. The molecular weight excluding hydrogens is 380 g/mol. The lowest BCUT2D eigenvalue weighted by molar-refractivity contribution is 0.0716. The summed E-state index contributed by atoms with van der Waals surface area (Å²) in [7, 11) is 1.56. The van der Waals surface area contributed by atoms with Crippen molar-refractivity contribution < 1.29 is 13.9 Å². The van der Waals surface area contributed by atoms with Crippen LogP contribution in [0.5, 0.6) is 5.75 Å². The van der Waals surface area contributed by atoms with Gasteiger partial charge >= 0.3 is 0 Å². The largest absolute Gasteiger partial charge is 0.497 e. The lowest BCUT2D eigenvalue weighted by Gasteiger charge is -2.22. The molecule has 2 heterocycles. The maximum Gasteiger partial charge on any atom is 0.254 e. The van der Waals surface area contributed by atoms with Crippen LogP contribution in [0.4, 0.5) is 0 Å². The van der Waals surface area contributed by atoms with E-state index in [0.717, 1.165) is 16.5 Å². The number of amides is 1. The molecule has 2 aromatic heterocycles. The second kappa shape index (κ2) is 8.29. The molecule has 152 valence electrons. The molecule has 0 aliphatic rings. The van der Waals surface area contributed by atoms with Gasteiger partial charge in [0.25, 0.3) is 11.5 Å². The van der Waals surface area contributed by atoms with Gasteiger partial charge in [0.2, 0.25) is 0 Å². The minimum Gasteiger partial charge on any atom is -0.497 e. The van der Waals surface area contributed by atoms with E-state index in [1.807, 2.05) is 31.2 Å². The van der Waals surface area contributed by atoms with Crippen LogP contribution < -0.4 is 10.3 Å². The molecule has 4 aromatic rings. The topological polar surface area (TPSA) is 75.5 Å². The fourth-order valence-electron chi connectivity index (χ4n) is 3.42. The van der Waals surface area contributed by atoms with E-state index in [2.05, 4.69) is 4.98 Å². The number of carbonyl (C=O) groups is 1. The predicted molar refractivity (Wildman–Crippen MR) is 115 cm³/mol. The highest BCUT2D eigenvalue weighted by atomic mass is 16.5. The van der Waals surface area contributed by atoms with E-state index in [9.17, 15) is 9.59 Å². The molecule has 6 nitrogen and oxygen atoms in total. The number of methoxy groups -OCH3 is 1. The summed E-state index contributed by atoms with van der Waals surface area (Å²) in [6.45, 7) is 2.39. The fourth-order valence-corrected chi connectivity index (χ4v) is 3.42. The van der Waals surface area contributed by atoms with Crippen LogP contribution in [0.2, 0.25) is 0 Å². The Morgan fingerprint density at radius 3 is 2.70 bits per heavy atom. The third-order valence-corrected chi connectivity index (χ3v) is 4.97. The van der Waals surface area contributed by atoms with Gasteiger partial charge in [-0.05, 0) is 60.8 Å². The van der Waals surface area contributed by atoms with Crippen molar-refractivity contribution in [3.8, 4) is 5.75 Å². The Hall–Kier alpha value is -3.80. The summed E-state index contributed by atoms with van der Waals surface area (Å²) in [5.41, 5.74) is 2.64. The number of aryl methyl sites for hydroxylation is 1. The van der Waals surface area contributed by atoms with Gasteiger partial charge in [-0.2, -0.15) is 0 Å². The van der Waals surface area contributed by atoms with Gasteiger partial charge in [-0.3, -0.25) is 9.59 Å². The number of aromatic nitrogens is 1. The van der Waals surface area contributed by atoms with Crippen molar-refractivity contribution in [1.82, 2.24) is 9.88 Å². The number of nitrogens with one attached hydrogen (secondary N) is 1. The zero-order chi connectivity index (χ0) is 21.1. The number of fused-ring (bicyclic) bond motifs is 1. The standard InChI is InChI=1S/C24H22N2O4/c1-16-8-9-22-18(11-16)12-19(23(27)25-22)14-26(15-21-7-4-10-30-21)24(28)17-5-3-6-20(13-17)29-2/h3-13H,14-15H2,1-2H3,(H,25,27). The third-order valence-electron chi connectivity index (χ3n) is 4.97. The summed E-state index contributed by atoms with van der Waals surface area (Å²) < 4.78 is 10.7. The Morgan fingerprint density at radius 2 is 1.93 bits per heavy atom. The molecule has 0 fully saturated rings. The molecule has 6 heteroatoms. The van der Waals surface area contributed by atoms with Crippen LogP contribution >= 0.6 is 0 Å². The number of benzene rings is 2. The summed E-state index contributed by atoms with van der Waals surface area (Å²) in [4.78, 5) is 30.5. The van der Waals surface area contributed by atoms with Crippen molar-refractivity contribution in [3.05, 3.63) is 99.7 Å². The lowest BCUT2D eigenvalue weighted by Crippen LogP contribution is -2.32. The van der Waals surface area contributed by atoms with Gasteiger partial charge < -0.3 is 19.0 Å². The number of nitrogens with zero attached hydrogens (tertiary/aromatic N) is 1. The van der Waals surface area contributed by atoms with Crippen LogP contribution in [0.1, 0.15) is 27.2 Å². The van der Waals surface area contributed by atoms with Crippen molar-refractivity contribution in [3.63, 3.8) is 0 Å². The van der Waals surface area contributed by atoms with Crippen molar-refractivity contribution in [2.24, 2.45) is 0 Å². The Kier molecular flexibility index (Phi) is 5.39. The SMILES string of the molecule is COc1cccc(C(=O)N(Cc2ccco2)Cc2cc3cc(C)ccc3[nH]c2=O)c1. The first-order valence-electron chi connectivity index (χ1n) is 9.62. The van der Waals surface area contributed by atoms with E-state index < -0.39 is 0 Å². The third kappa shape index (κ3) is 4.12. The Morgan fingerprint density at radius 1 is 1.07 bits per heavy atom. The molecule has 4 rings (SSSR count). The van der Waals surface area contributed by atoms with E-state index >= 15 is 0 Å². The quantitative estimate of drug-likeness (QED) is 0.522. The smallest absolute Gasteiger partial charge is 0.254 e. The molecule has 0 spiro atoms. The highest BCUT2D eigenvalue weighted by Crippen LogP contribution is 2.19. The second-order valence-electron chi connectivity index (χ2n) is 7.19. The van der Waals surface area contributed by atoms with Crippen LogP contribution in [-0.2, 0) is 13.1 Å². The maximum absolute atomic E-state index is 13.3. The Bertz CT molecular complexity index is 1240. The van der Waals surface area contributed by atoms with Crippen LogP contribution in [0.25, 0.3) is 10.9 Å². The molecular formula is C24H22N2O4. The first-order valence-corrected chi connectivity index (χ1v) is 9.62. The van der Waals surface area contributed by atoms with Crippen molar-refractivity contribution >= 4 is 16.8 Å². The van der Waals surface area contributed by atoms with Crippen LogP contribution in [0.15, 0.2) is 76.1 Å². The zero-order valence-corrected chi connectivity index (χ0v) is 16.8. The van der Waals surface area contributed by atoms with Crippen LogP contribution in [-0.4, -0.2) is 22.9 Å². The molecule has 1 N–H and O–H groups in total. The van der Waals surface area contributed by atoms with E-state index in [1.165, 1.54) is 0 Å². The van der Waals surface area contributed by atoms with Crippen LogP contribution in [0.3, 0.4) is 0 Å². The predicted octanol–water partition coefficient (Wildman–Crippen LogP) is 4.28. The van der Waals surface area contributed by atoms with E-state index in [-0.39, 0.29) is 24.6 Å². The summed E-state index contributed by atoms with van der Waals surface area (Å²) in [5, 5.41) is 0.927. The molecule has 0 atom stereocenters. The highest BCUT2D eigenvalue weighted by Gasteiger charge is 2.20. The number of furan rings is 1. The molecule has 2 aromatic carbocycles. The van der Waals surface area contributed by atoms with Gasteiger partial charge in [-0.1, -0.05) is 17.7 Å². The number of ether oxygens (including phenoxy) is 1. The lowest BCUT2D eigenvalue weighted by atomic mass is 10.1. The molecule has 30 heavy (non-hydrogen) atoms. The Labute approximate surface area is 173 Å². The molecule has 0 bridgehead atoms. The van der Waals surface area contributed by atoms with E-state index in [0.29, 0.717) is 22.6 Å². The minimum atomic E-state index is -0.214. The summed E-state index contributed by atoms with van der Waals surface area (Å²) in [6, 6.07) is 18.2. The average molecular weight is 402 g/mol. The second-order valence-corrected chi connectivity index (χ2v) is 7.19. The van der Waals surface area contributed by atoms with Gasteiger partial charge in [0.15, 0.2) is 0 Å². The number of pyridine rings is 1. The van der Waals surface area contributed by atoms with E-state index in [1.54, 1.807) is 54.7 Å². The van der Waals surface area contributed by atoms with Crippen LogP contribution in [0, 0.1) is 6.92 Å². The number of hydrogen-bond acceptors (Lipinski definition) is 4. The number of H-pyrrole nitrogens is 1. The summed E-state index contributed by atoms with van der Waals surface area (Å²) >= 11 is 0. The molecule has 1 amide bonds. The van der Waals surface area contributed by atoms with Gasteiger partial charge in [0.1, 0.15) is 11.5 Å². The normalized spacial score (nSPS) is 10.9. The van der Waals surface area contributed by atoms with E-state index in [4.69, 9.17) is 9.15 Å². The molecule has 0 aliphatic heterocycles. The maximum atomic E-state index is 13.3. The van der Waals surface area contributed by atoms with Gasteiger partial charge in [-0.15, -0.1) is 0 Å². The first-order chi connectivity index (χ1) is 14.5. The zero-order valence-electron chi connectivity index (χ0n) is 16.8. The van der Waals surface area contributed by atoms with Gasteiger partial charge in [0, 0.05) is 16.6 Å². The van der Waals surface area contributed by atoms with Crippen molar-refractivity contribution in [2.45, 2.75) is 20.0 Å². The number of aromatic amines is 1. The number of carbonyl (C=O) groups excluding carboxylic acids is 1. The molecule has 0 saturated heterocycles. The van der Waals surface area contributed by atoms with Crippen molar-refractivity contribution in [2.75, 3.05) is 7.11 Å². The fraction of sp³-hybridized carbons (Fsp3) is 0.167. The number of rotatable bonds is 6. The average Bonchev–Trinajstić information content (AvgIpc) is 3.26. The molecule has 0 aliphatic carbocycles. The van der Waals surface area contributed by atoms with Gasteiger partial charge in [-0.25, -0.2) is 0 Å². The molecule has 0 unspecified atom stereocenters. The van der Waals surface area contributed by atoms with Crippen molar-refractivity contribution in [1.29, 1.82) is 0 Å².